The average molecular weight is 292 g/mol. The highest BCUT2D eigenvalue weighted by molar-refractivity contribution is 7.80. The van der Waals surface area contributed by atoms with Gasteiger partial charge in [-0.1, -0.05) is 0 Å². The molecular weight excluding hydrogens is 275 g/mol. The Labute approximate surface area is 123 Å². The topological polar surface area (TPSA) is 41.9 Å². The van der Waals surface area contributed by atoms with Crippen LogP contribution < -0.4 is 10.6 Å². The number of benzene rings is 1. The summed E-state index contributed by atoms with van der Waals surface area (Å²) in [4.78, 5) is 0. The van der Waals surface area contributed by atoms with E-state index >= 15 is 0 Å². The second-order valence-electron chi connectivity index (χ2n) is 4.41. The summed E-state index contributed by atoms with van der Waals surface area (Å²) >= 11 is 5.20. The van der Waals surface area contributed by atoms with E-state index in [0.717, 1.165) is 23.5 Å². The van der Waals surface area contributed by atoms with Gasteiger partial charge in [0.2, 0.25) is 0 Å². The highest BCUT2D eigenvalue weighted by atomic mass is 32.1. The summed E-state index contributed by atoms with van der Waals surface area (Å²) < 4.78 is 14.7. The first-order chi connectivity index (χ1) is 9.58. The van der Waals surface area contributed by atoms with Gasteiger partial charge in [-0.3, -0.25) is 4.68 Å². The Morgan fingerprint density at radius 2 is 2.05 bits per heavy atom. The van der Waals surface area contributed by atoms with Gasteiger partial charge >= 0.3 is 0 Å². The van der Waals surface area contributed by atoms with Gasteiger partial charge in [-0.15, -0.1) is 0 Å². The Hall–Kier alpha value is -1.95. The number of aromatic nitrogens is 2. The van der Waals surface area contributed by atoms with Crippen molar-refractivity contribution < 1.29 is 4.39 Å². The van der Waals surface area contributed by atoms with Crippen LogP contribution in [0.4, 0.5) is 10.1 Å². The third kappa shape index (κ3) is 3.77. The number of halogens is 1. The van der Waals surface area contributed by atoms with E-state index in [2.05, 4.69) is 15.7 Å². The quantitative estimate of drug-likeness (QED) is 0.850. The normalized spacial score (nSPS) is 10.3. The molecule has 0 atom stereocenters. The fourth-order valence-electron chi connectivity index (χ4n) is 1.78. The fourth-order valence-corrected chi connectivity index (χ4v) is 1.97. The van der Waals surface area contributed by atoms with Crippen molar-refractivity contribution >= 4 is 23.0 Å². The molecule has 0 amide bonds. The number of nitrogens with zero attached hydrogens (tertiary/aromatic N) is 2. The third-order valence-electron chi connectivity index (χ3n) is 2.91. The summed E-state index contributed by atoms with van der Waals surface area (Å²) in [7, 11) is 0. The maximum Gasteiger partial charge on any atom is 0.171 e. The first-order valence-corrected chi connectivity index (χ1v) is 6.82. The lowest BCUT2D eigenvalue weighted by molar-refractivity contribution is 0.628. The van der Waals surface area contributed by atoms with Crippen LogP contribution in [-0.4, -0.2) is 14.9 Å². The molecule has 0 saturated heterocycles. The number of aryl methyl sites for hydroxylation is 2. The van der Waals surface area contributed by atoms with E-state index < -0.39 is 0 Å². The van der Waals surface area contributed by atoms with Gasteiger partial charge < -0.3 is 10.6 Å². The van der Waals surface area contributed by atoms with Crippen molar-refractivity contribution in [3.05, 3.63) is 47.5 Å². The van der Waals surface area contributed by atoms with Crippen molar-refractivity contribution in [3.63, 3.8) is 0 Å². The number of nitrogens with one attached hydrogen (secondary N) is 2. The molecule has 2 N–H and O–H groups in total. The zero-order valence-corrected chi connectivity index (χ0v) is 12.3. The molecule has 1 heterocycles. The number of anilines is 1. The molecule has 0 saturated carbocycles. The minimum Gasteiger partial charge on any atom is -0.358 e. The number of hydrogen-bond acceptors (Lipinski definition) is 2. The standard InChI is InChI=1S/C14H17FN4S/c1-3-19-9-11(10(2)18-19)8-16-14(20)17-13-6-4-12(15)5-7-13/h4-7,9H,3,8H2,1-2H3,(H2,16,17,20). The van der Waals surface area contributed by atoms with E-state index in [0.29, 0.717) is 11.7 Å². The molecule has 4 nitrogen and oxygen atoms in total. The highest BCUT2D eigenvalue weighted by Gasteiger charge is 2.05. The lowest BCUT2D eigenvalue weighted by atomic mass is 10.2. The summed E-state index contributed by atoms with van der Waals surface area (Å²) in [6, 6.07) is 6.06. The van der Waals surface area contributed by atoms with Crippen LogP contribution in [0, 0.1) is 12.7 Å². The van der Waals surface area contributed by atoms with Gasteiger partial charge in [0.15, 0.2) is 5.11 Å². The second kappa shape index (κ2) is 6.47. The molecule has 0 unspecified atom stereocenters. The smallest absolute Gasteiger partial charge is 0.171 e. The van der Waals surface area contributed by atoms with Crippen LogP contribution in [0.3, 0.4) is 0 Å². The van der Waals surface area contributed by atoms with E-state index in [1.54, 1.807) is 12.1 Å². The Morgan fingerprint density at radius 1 is 1.35 bits per heavy atom. The molecule has 1 aromatic carbocycles. The Balaban J connectivity index is 1.88. The molecule has 1 aromatic heterocycles. The molecule has 106 valence electrons. The van der Waals surface area contributed by atoms with Crippen molar-refractivity contribution in [1.29, 1.82) is 0 Å². The average Bonchev–Trinajstić information content (AvgIpc) is 2.80. The molecule has 6 heteroatoms. The maximum atomic E-state index is 12.8. The van der Waals surface area contributed by atoms with Gasteiger partial charge in [-0.25, -0.2) is 4.39 Å². The van der Waals surface area contributed by atoms with E-state index in [-0.39, 0.29) is 5.82 Å². The molecule has 0 bridgehead atoms. The molecule has 20 heavy (non-hydrogen) atoms. The maximum absolute atomic E-state index is 12.8. The Morgan fingerprint density at radius 3 is 2.65 bits per heavy atom. The summed E-state index contributed by atoms with van der Waals surface area (Å²) in [6.07, 6.45) is 2.00. The van der Waals surface area contributed by atoms with Crippen molar-refractivity contribution in [3.8, 4) is 0 Å². The minimum absolute atomic E-state index is 0.267. The zero-order chi connectivity index (χ0) is 14.5. The Kier molecular flexibility index (Phi) is 4.68. The second-order valence-corrected chi connectivity index (χ2v) is 4.82. The van der Waals surface area contributed by atoms with E-state index in [1.807, 2.05) is 24.7 Å². The van der Waals surface area contributed by atoms with E-state index in [1.165, 1.54) is 12.1 Å². The number of hydrogen-bond donors (Lipinski definition) is 2. The lowest BCUT2D eigenvalue weighted by Crippen LogP contribution is -2.27. The molecule has 2 aromatic rings. The summed E-state index contributed by atoms with van der Waals surface area (Å²) in [5, 5.41) is 11.0. The first kappa shape index (κ1) is 14.5. The molecule has 0 radical (unpaired) electrons. The molecular formula is C14H17FN4S. The number of rotatable bonds is 4. The Bertz CT molecular complexity index is 592. The summed E-state index contributed by atoms with van der Waals surface area (Å²) in [6.45, 7) is 5.47. The predicted molar refractivity (Wildman–Crippen MR) is 82.1 cm³/mol. The van der Waals surface area contributed by atoms with Crippen LogP contribution in [0.15, 0.2) is 30.5 Å². The van der Waals surface area contributed by atoms with Gasteiger partial charge in [0.25, 0.3) is 0 Å². The molecule has 0 aliphatic carbocycles. The molecule has 0 aliphatic rings. The molecule has 0 aliphatic heterocycles. The van der Waals surface area contributed by atoms with Gasteiger partial charge in [-0.2, -0.15) is 5.10 Å². The predicted octanol–water partition coefficient (Wildman–Crippen LogP) is 2.84. The zero-order valence-electron chi connectivity index (χ0n) is 11.5. The van der Waals surface area contributed by atoms with Crippen LogP contribution in [0.1, 0.15) is 18.2 Å². The molecule has 0 spiro atoms. The van der Waals surface area contributed by atoms with Gasteiger partial charge in [-0.05, 0) is 50.3 Å². The SMILES string of the molecule is CCn1cc(CNC(=S)Nc2ccc(F)cc2)c(C)n1. The van der Waals surface area contributed by atoms with Gasteiger partial charge in [0.05, 0.1) is 5.69 Å². The van der Waals surface area contributed by atoms with Crippen LogP contribution in [0.2, 0.25) is 0 Å². The summed E-state index contributed by atoms with van der Waals surface area (Å²) in [5.74, 6) is -0.267. The largest absolute Gasteiger partial charge is 0.358 e. The third-order valence-corrected chi connectivity index (χ3v) is 3.16. The first-order valence-electron chi connectivity index (χ1n) is 6.42. The van der Waals surface area contributed by atoms with E-state index in [4.69, 9.17) is 12.2 Å². The van der Waals surface area contributed by atoms with Crippen molar-refractivity contribution in [2.75, 3.05) is 5.32 Å². The minimum atomic E-state index is -0.267. The molecule has 2 rings (SSSR count). The van der Waals surface area contributed by atoms with Crippen LogP contribution in [0.5, 0.6) is 0 Å². The molecule has 0 fully saturated rings. The van der Waals surface area contributed by atoms with Crippen molar-refractivity contribution in [2.45, 2.75) is 26.9 Å². The van der Waals surface area contributed by atoms with Gasteiger partial charge in [0.1, 0.15) is 5.82 Å². The van der Waals surface area contributed by atoms with Crippen molar-refractivity contribution in [1.82, 2.24) is 15.1 Å². The van der Waals surface area contributed by atoms with E-state index in [9.17, 15) is 4.39 Å². The van der Waals surface area contributed by atoms with Crippen molar-refractivity contribution in [2.24, 2.45) is 0 Å². The number of thiocarbonyl (C=S) groups is 1. The van der Waals surface area contributed by atoms with Crippen LogP contribution >= 0.6 is 12.2 Å². The monoisotopic (exact) mass is 292 g/mol. The van der Waals surface area contributed by atoms with Crippen LogP contribution in [0.25, 0.3) is 0 Å². The summed E-state index contributed by atoms with van der Waals surface area (Å²) in [5.41, 5.74) is 2.85. The highest BCUT2D eigenvalue weighted by Crippen LogP contribution is 2.09. The fraction of sp³-hybridized carbons (Fsp3) is 0.286. The van der Waals surface area contributed by atoms with Gasteiger partial charge in [0, 0.05) is 30.5 Å². The van der Waals surface area contributed by atoms with Crippen LogP contribution in [-0.2, 0) is 13.1 Å². The lowest BCUT2D eigenvalue weighted by Gasteiger charge is -2.09.